The number of carboxylic acids is 1. The molecule has 20 heavy (non-hydrogen) atoms. The fourth-order valence-electron chi connectivity index (χ4n) is 2.52. The number of nitrogens with one attached hydrogen (secondary N) is 1. The highest BCUT2D eigenvalue weighted by Crippen LogP contribution is 2.33. The normalized spacial score (nSPS) is 23.4. The number of likely N-dealkylation sites (tertiary alicyclic amines) is 1. The van der Waals surface area contributed by atoms with Crippen LogP contribution in [0.1, 0.15) is 39.0 Å². The van der Waals surface area contributed by atoms with Gasteiger partial charge in [0.2, 0.25) is 11.8 Å². The molecule has 2 amide bonds. The second-order valence-corrected chi connectivity index (χ2v) is 5.78. The first-order valence-electron chi connectivity index (χ1n) is 7.31. The predicted octanol–water partition coefficient (Wildman–Crippen LogP) is 0.614. The summed E-state index contributed by atoms with van der Waals surface area (Å²) in [7, 11) is 0. The van der Waals surface area contributed by atoms with E-state index < -0.39 is 11.9 Å². The van der Waals surface area contributed by atoms with Crippen LogP contribution in [0, 0.1) is 11.8 Å². The van der Waals surface area contributed by atoms with Crippen LogP contribution in [0.15, 0.2) is 0 Å². The van der Waals surface area contributed by atoms with E-state index in [9.17, 15) is 14.4 Å². The zero-order valence-electron chi connectivity index (χ0n) is 11.8. The van der Waals surface area contributed by atoms with E-state index in [0.717, 1.165) is 19.3 Å². The van der Waals surface area contributed by atoms with Crippen LogP contribution in [0.25, 0.3) is 0 Å². The standard InChI is InChI=1S/C14H22N2O4/c1-9(14(19)20)6-7-15-12(17)11-3-2-8-16(11)13(18)10-4-5-10/h9-11H,2-8H2,1H3,(H,15,17)(H,19,20). The van der Waals surface area contributed by atoms with E-state index in [1.165, 1.54) is 0 Å². The van der Waals surface area contributed by atoms with Crippen molar-refractivity contribution in [1.82, 2.24) is 10.2 Å². The fourth-order valence-corrected chi connectivity index (χ4v) is 2.52. The molecule has 1 aliphatic carbocycles. The molecule has 0 aromatic rings. The minimum atomic E-state index is -0.856. The van der Waals surface area contributed by atoms with Crippen molar-refractivity contribution in [1.29, 1.82) is 0 Å². The molecule has 2 atom stereocenters. The third-order valence-corrected chi connectivity index (χ3v) is 4.06. The zero-order chi connectivity index (χ0) is 14.7. The van der Waals surface area contributed by atoms with Crippen molar-refractivity contribution in [2.75, 3.05) is 13.1 Å². The lowest BCUT2D eigenvalue weighted by Gasteiger charge is -2.24. The maximum Gasteiger partial charge on any atom is 0.306 e. The smallest absolute Gasteiger partial charge is 0.306 e. The third-order valence-electron chi connectivity index (χ3n) is 4.06. The van der Waals surface area contributed by atoms with Crippen molar-refractivity contribution in [3.05, 3.63) is 0 Å². The number of amides is 2. The second-order valence-electron chi connectivity index (χ2n) is 5.78. The highest BCUT2D eigenvalue weighted by atomic mass is 16.4. The summed E-state index contributed by atoms with van der Waals surface area (Å²) >= 11 is 0. The molecule has 2 unspecified atom stereocenters. The van der Waals surface area contributed by atoms with E-state index in [1.807, 2.05) is 0 Å². The SMILES string of the molecule is CC(CCNC(=O)C1CCCN1C(=O)C1CC1)C(=O)O. The van der Waals surface area contributed by atoms with Gasteiger partial charge in [0.1, 0.15) is 6.04 Å². The molecule has 0 aromatic carbocycles. The van der Waals surface area contributed by atoms with Crippen LogP contribution < -0.4 is 5.32 Å². The molecule has 1 aliphatic heterocycles. The van der Waals surface area contributed by atoms with E-state index in [2.05, 4.69) is 5.32 Å². The minimum Gasteiger partial charge on any atom is -0.481 e. The van der Waals surface area contributed by atoms with Gasteiger partial charge >= 0.3 is 5.97 Å². The van der Waals surface area contributed by atoms with Gasteiger partial charge in [-0.2, -0.15) is 0 Å². The molecule has 2 rings (SSSR count). The summed E-state index contributed by atoms with van der Waals surface area (Å²) in [4.78, 5) is 36.6. The van der Waals surface area contributed by atoms with Gasteiger partial charge < -0.3 is 15.3 Å². The maximum atomic E-state index is 12.1. The van der Waals surface area contributed by atoms with Gasteiger partial charge in [-0.25, -0.2) is 0 Å². The van der Waals surface area contributed by atoms with Crippen LogP contribution >= 0.6 is 0 Å². The summed E-state index contributed by atoms with van der Waals surface area (Å²) < 4.78 is 0. The Balaban J connectivity index is 1.79. The van der Waals surface area contributed by atoms with Crippen molar-refractivity contribution in [3.63, 3.8) is 0 Å². The summed E-state index contributed by atoms with van der Waals surface area (Å²) in [6.07, 6.45) is 3.87. The second kappa shape index (κ2) is 6.24. The van der Waals surface area contributed by atoms with Crippen LogP contribution in [0.3, 0.4) is 0 Å². The molecule has 2 aliphatic rings. The molecule has 0 spiro atoms. The average molecular weight is 282 g/mol. The predicted molar refractivity (Wildman–Crippen MR) is 71.9 cm³/mol. The highest BCUT2D eigenvalue weighted by molar-refractivity contribution is 5.90. The van der Waals surface area contributed by atoms with Crippen LogP contribution in [0.2, 0.25) is 0 Å². The van der Waals surface area contributed by atoms with Gasteiger partial charge in [-0.1, -0.05) is 6.92 Å². The van der Waals surface area contributed by atoms with Crippen LogP contribution in [-0.4, -0.2) is 46.9 Å². The van der Waals surface area contributed by atoms with Gasteiger partial charge in [0, 0.05) is 19.0 Å². The van der Waals surface area contributed by atoms with E-state index in [1.54, 1.807) is 11.8 Å². The maximum absolute atomic E-state index is 12.1. The third kappa shape index (κ3) is 3.49. The molecule has 6 heteroatoms. The largest absolute Gasteiger partial charge is 0.481 e. The molecule has 112 valence electrons. The van der Waals surface area contributed by atoms with E-state index >= 15 is 0 Å². The fraction of sp³-hybridized carbons (Fsp3) is 0.786. The number of hydrogen-bond acceptors (Lipinski definition) is 3. The van der Waals surface area contributed by atoms with Crippen LogP contribution in [0.4, 0.5) is 0 Å². The summed E-state index contributed by atoms with van der Waals surface area (Å²) in [5.41, 5.74) is 0. The summed E-state index contributed by atoms with van der Waals surface area (Å²) in [5, 5.41) is 11.5. The lowest BCUT2D eigenvalue weighted by molar-refractivity contribution is -0.141. The van der Waals surface area contributed by atoms with Crippen LogP contribution in [-0.2, 0) is 14.4 Å². The number of carbonyl (C=O) groups excluding carboxylic acids is 2. The van der Waals surface area contributed by atoms with Crippen molar-refractivity contribution in [3.8, 4) is 0 Å². The molecule has 1 saturated heterocycles. The van der Waals surface area contributed by atoms with Crippen molar-refractivity contribution in [2.45, 2.75) is 45.1 Å². The number of carboxylic acid groups (broad SMARTS) is 1. The number of aliphatic carboxylic acids is 1. The molecule has 0 radical (unpaired) electrons. The monoisotopic (exact) mass is 282 g/mol. The Kier molecular flexibility index (Phi) is 4.62. The first-order chi connectivity index (χ1) is 9.50. The molecule has 1 saturated carbocycles. The Hall–Kier alpha value is -1.59. The number of hydrogen-bond donors (Lipinski definition) is 2. The van der Waals surface area contributed by atoms with E-state index in [-0.39, 0.29) is 23.8 Å². The Morgan fingerprint density at radius 2 is 2.00 bits per heavy atom. The van der Waals surface area contributed by atoms with Crippen molar-refractivity contribution >= 4 is 17.8 Å². The number of carbonyl (C=O) groups is 3. The molecular weight excluding hydrogens is 260 g/mol. The van der Waals surface area contributed by atoms with Crippen molar-refractivity contribution < 1.29 is 19.5 Å². The quantitative estimate of drug-likeness (QED) is 0.747. The number of rotatable bonds is 6. The molecule has 2 N–H and O–H groups in total. The lowest BCUT2D eigenvalue weighted by Crippen LogP contribution is -2.46. The van der Waals surface area contributed by atoms with Gasteiger partial charge in [-0.15, -0.1) is 0 Å². The van der Waals surface area contributed by atoms with Crippen LogP contribution in [0.5, 0.6) is 0 Å². The molecule has 6 nitrogen and oxygen atoms in total. The highest BCUT2D eigenvalue weighted by Gasteiger charge is 2.40. The van der Waals surface area contributed by atoms with Gasteiger partial charge in [0.25, 0.3) is 0 Å². The van der Waals surface area contributed by atoms with Gasteiger partial charge in [-0.05, 0) is 32.1 Å². The van der Waals surface area contributed by atoms with Crippen molar-refractivity contribution in [2.24, 2.45) is 11.8 Å². The van der Waals surface area contributed by atoms with Gasteiger partial charge in [0.15, 0.2) is 0 Å². The Morgan fingerprint density at radius 3 is 2.60 bits per heavy atom. The molecule has 0 aromatic heterocycles. The summed E-state index contributed by atoms with van der Waals surface area (Å²) in [5.74, 6) is -1.22. The Morgan fingerprint density at radius 1 is 1.30 bits per heavy atom. The molecule has 0 bridgehead atoms. The van der Waals surface area contributed by atoms with E-state index in [0.29, 0.717) is 25.9 Å². The Labute approximate surface area is 118 Å². The molecule has 1 heterocycles. The average Bonchev–Trinajstić information content (AvgIpc) is 3.14. The summed E-state index contributed by atoms with van der Waals surface area (Å²) in [6.45, 7) is 2.63. The Bertz CT molecular complexity index is 406. The first kappa shape index (κ1) is 14.8. The van der Waals surface area contributed by atoms with E-state index in [4.69, 9.17) is 5.11 Å². The minimum absolute atomic E-state index is 0.113. The zero-order valence-corrected chi connectivity index (χ0v) is 11.8. The first-order valence-corrected chi connectivity index (χ1v) is 7.31. The molecular formula is C14H22N2O4. The lowest BCUT2D eigenvalue weighted by atomic mass is 10.1. The van der Waals surface area contributed by atoms with Gasteiger partial charge in [0.05, 0.1) is 5.92 Å². The molecule has 2 fully saturated rings. The number of nitrogens with zero attached hydrogens (tertiary/aromatic N) is 1. The topological polar surface area (TPSA) is 86.7 Å². The van der Waals surface area contributed by atoms with Gasteiger partial charge in [-0.3, -0.25) is 14.4 Å². The summed E-state index contributed by atoms with van der Waals surface area (Å²) in [6, 6.07) is -0.358.